The highest BCUT2D eigenvalue weighted by molar-refractivity contribution is 7.11. The third-order valence-corrected chi connectivity index (χ3v) is 3.93. The van der Waals surface area contributed by atoms with Crippen LogP contribution in [0.3, 0.4) is 0 Å². The van der Waals surface area contributed by atoms with Gasteiger partial charge in [0.15, 0.2) is 0 Å². The van der Waals surface area contributed by atoms with Gasteiger partial charge in [-0.2, -0.15) is 0 Å². The predicted octanol–water partition coefficient (Wildman–Crippen LogP) is 2.99. The van der Waals surface area contributed by atoms with Crippen LogP contribution in [0.1, 0.15) is 30.5 Å². The second-order valence-electron chi connectivity index (χ2n) is 5.06. The summed E-state index contributed by atoms with van der Waals surface area (Å²) in [7, 11) is 2.20. The maximum atomic E-state index is 3.48. The first-order chi connectivity index (χ1) is 8.11. The minimum atomic E-state index is 0.740. The third kappa shape index (κ3) is 6.20. The van der Waals surface area contributed by atoms with E-state index in [2.05, 4.69) is 50.2 Å². The van der Waals surface area contributed by atoms with Gasteiger partial charge in [-0.05, 0) is 38.1 Å². The van der Waals surface area contributed by atoms with E-state index in [4.69, 9.17) is 0 Å². The van der Waals surface area contributed by atoms with Gasteiger partial charge in [0, 0.05) is 29.4 Å². The highest BCUT2D eigenvalue weighted by atomic mass is 32.1. The van der Waals surface area contributed by atoms with E-state index < -0.39 is 0 Å². The molecule has 0 aliphatic heterocycles. The van der Waals surface area contributed by atoms with Crippen molar-refractivity contribution in [3.8, 4) is 0 Å². The van der Waals surface area contributed by atoms with E-state index in [1.165, 1.54) is 9.75 Å². The Morgan fingerprint density at radius 1 is 1.29 bits per heavy atom. The summed E-state index contributed by atoms with van der Waals surface area (Å²) in [5, 5.41) is 3.48. The van der Waals surface area contributed by atoms with Crippen molar-refractivity contribution in [3.05, 3.63) is 21.9 Å². The number of hydrogen-bond acceptors (Lipinski definition) is 3. The second-order valence-corrected chi connectivity index (χ2v) is 6.31. The van der Waals surface area contributed by atoms with Crippen molar-refractivity contribution in [3.63, 3.8) is 0 Å². The van der Waals surface area contributed by atoms with Crippen LogP contribution < -0.4 is 5.32 Å². The molecule has 0 spiro atoms. The molecule has 0 saturated carbocycles. The first kappa shape index (κ1) is 14.7. The van der Waals surface area contributed by atoms with Crippen molar-refractivity contribution < 1.29 is 0 Å². The van der Waals surface area contributed by atoms with Crippen molar-refractivity contribution in [2.24, 2.45) is 5.92 Å². The molecule has 0 saturated heterocycles. The minimum absolute atomic E-state index is 0.740. The molecule has 98 valence electrons. The zero-order valence-corrected chi connectivity index (χ0v) is 12.4. The second kappa shape index (κ2) is 7.85. The molecule has 1 heterocycles. The maximum Gasteiger partial charge on any atom is 0.0325 e. The molecule has 1 N–H and O–H groups in total. The largest absolute Gasteiger partial charge is 0.315 e. The van der Waals surface area contributed by atoms with Crippen LogP contribution in [0, 0.1) is 5.92 Å². The van der Waals surface area contributed by atoms with E-state index in [1.54, 1.807) is 0 Å². The average Bonchev–Trinajstić information content (AvgIpc) is 2.72. The molecule has 0 unspecified atom stereocenters. The fourth-order valence-corrected chi connectivity index (χ4v) is 2.74. The number of nitrogens with one attached hydrogen (secondary N) is 1. The standard InChI is InChI=1S/C14H26N2S/c1-5-13-6-7-14(17-13)11-16(4)9-8-15-10-12(2)3/h6-7,12,15H,5,8-11H2,1-4H3. The Balaban J connectivity index is 2.18. The number of nitrogens with zero attached hydrogens (tertiary/aromatic N) is 1. The van der Waals surface area contributed by atoms with Gasteiger partial charge >= 0.3 is 0 Å². The van der Waals surface area contributed by atoms with Gasteiger partial charge < -0.3 is 10.2 Å². The molecule has 0 amide bonds. The Morgan fingerprint density at radius 2 is 2.00 bits per heavy atom. The summed E-state index contributed by atoms with van der Waals surface area (Å²) in [6.45, 7) is 11.1. The Labute approximate surface area is 110 Å². The normalized spacial score (nSPS) is 11.6. The lowest BCUT2D eigenvalue weighted by Crippen LogP contribution is -2.30. The molecule has 0 aliphatic rings. The number of rotatable bonds is 8. The molecule has 0 atom stereocenters. The van der Waals surface area contributed by atoms with E-state index in [0.29, 0.717) is 0 Å². The quantitative estimate of drug-likeness (QED) is 0.718. The van der Waals surface area contributed by atoms with Crippen LogP contribution in [0.4, 0.5) is 0 Å². The van der Waals surface area contributed by atoms with Crippen molar-refractivity contribution in [2.45, 2.75) is 33.7 Å². The highest BCUT2D eigenvalue weighted by Crippen LogP contribution is 2.17. The van der Waals surface area contributed by atoms with Crippen LogP contribution in [-0.2, 0) is 13.0 Å². The van der Waals surface area contributed by atoms with Gasteiger partial charge in [0.25, 0.3) is 0 Å². The topological polar surface area (TPSA) is 15.3 Å². The van der Waals surface area contributed by atoms with E-state index in [-0.39, 0.29) is 0 Å². The molecule has 0 aromatic carbocycles. The molecule has 0 fully saturated rings. The Morgan fingerprint density at radius 3 is 2.59 bits per heavy atom. The van der Waals surface area contributed by atoms with Gasteiger partial charge in [0.2, 0.25) is 0 Å². The summed E-state index contributed by atoms with van der Waals surface area (Å²) < 4.78 is 0. The van der Waals surface area contributed by atoms with Crippen LogP contribution in [0.25, 0.3) is 0 Å². The molecule has 3 heteroatoms. The molecule has 2 nitrogen and oxygen atoms in total. The number of thiophene rings is 1. The third-order valence-electron chi connectivity index (χ3n) is 2.71. The molecule has 17 heavy (non-hydrogen) atoms. The number of hydrogen-bond donors (Lipinski definition) is 1. The van der Waals surface area contributed by atoms with Crippen LogP contribution in [0.5, 0.6) is 0 Å². The van der Waals surface area contributed by atoms with Crippen molar-refractivity contribution >= 4 is 11.3 Å². The first-order valence-corrected chi connectivity index (χ1v) is 7.40. The number of aryl methyl sites for hydroxylation is 1. The molecule has 1 aromatic rings. The summed E-state index contributed by atoms with van der Waals surface area (Å²) in [5.74, 6) is 0.740. The van der Waals surface area contributed by atoms with Gasteiger partial charge in [-0.15, -0.1) is 11.3 Å². The maximum absolute atomic E-state index is 3.48. The summed E-state index contributed by atoms with van der Waals surface area (Å²) in [6.07, 6.45) is 1.16. The van der Waals surface area contributed by atoms with Crippen molar-refractivity contribution in [1.29, 1.82) is 0 Å². The molecular weight excluding hydrogens is 228 g/mol. The first-order valence-electron chi connectivity index (χ1n) is 6.58. The van der Waals surface area contributed by atoms with Crippen LogP contribution >= 0.6 is 11.3 Å². The zero-order valence-electron chi connectivity index (χ0n) is 11.6. The monoisotopic (exact) mass is 254 g/mol. The fraction of sp³-hybridized carbons (Fsp3) is 0.714. The van der Waals surface area contributed by atoms with Crippen molar-refractivity contribution in [1.82, 2.24) is 10.2 Å². The zero-order chi connectivity index (χ0) is 12.7. The molecule has 0 radical (unpaired) electrons. The molecule has 1 aromatic heterocycles. The average molecular weight is 254 g/mol. The Bertz CT molecular complexity index is 307. The minimum Gasteiger partial charge on any atom is -0.315 e. The van der Waals surface area contributed by atoms with E-state index in [9.17, 15) is 0 Å². The van der Waals surface area contributed by atoms with Gasteiger partial charge in [-0.3, -0.25) is 0 Å². The van der Waals surface area contributed by atoms with Crippen LogP contribution in [-0.4, -0.2) is 31.6 Å². The van der Waals surface area contributed by atoms with Gasteiger partial charge in [-0.25, -0.2) is 0 Å². The van der Waals surface area contributed by atoms with E-state index in [1.807, 2.05) is 11.3 Å². The van der Waals surface area contributed by atoms with Crippen molar-refractivity contribution in [2.75, 3.05) is 26.7 Å². The van der Waals surface area contributed by atoms with Gasteiger partial charge in [0.05, 0.1) is 0 Å². The van der Waals surface area contributed by atoms with Gasteiger partial charge in [0.1, 0.15) is 0 Å². The molecule has 1 rings (SSSR count). The smallest absolute Gasteiger partial charge is 0.0325 e. The SMILES string of the molecule is CCc1ccc(CN(C)CCNCC(C)C)s1. The predicted molar refractivity (Wildman–Crippen MR) is 77.7 cm³/mol. The number of likely N-dealkylation sites (N-methyl/N-ethyl adjacent to an activating group) is 1. The Hall–Kier alpha value is -0.380. The summed E-state index contributed by atoms with van der Waals surface area (Å²) in [6, 6.07) is 4.52. The summed E-state index contributed by atoms with van der Waals surface area (Å²) in [5.41, 5.74) is 0. The van der Waals surface area contributed by atoms with Crippen LogP contribution in [0.2, 0.25) is 0 Å². The molecule has 0 bridgehead atoms. The fourth-order valence-electron chi connectivity index (χ4n) is 1.70. The lowest BCUT2D eigenvalue weighted by atomic mass is 10.2. The van der Waals surface area contributed by atoms with Gasteiger partial charge in [-0.1, -0.05) is 20.8 Å². The molecule has 0 aliphatic carbocycles. The lowest BCUT2D eigenvalue weighted by molar-refractivity contribution is 0.324. The Kier molecular flexibility index (Phi) is 6.78. The van der Waals surface area contributed by atoms with E-state index in [0.717, 1.165) is 38.5 Å². The highest BCUT2D eigenvalue weighted by Gasteiger charge is 2.03. The summed E-state index contributed by atoms with van der Waals surface area (Å²) in [4.78, 5) is 5.36. The van der Waals surface area contributed by atoms with Crippen LogP contribution in [0.15, 0.2) is 12.1 Å². The molecular formula is C14H26N2S. The summed E-state index contributed by atoms with van der Waals surface area (Å²) >= 11 is 1.94. The van der Waals surface area contributed by atoms with E-state index >= 15 is 0 Å². The lowest BCUT2D eigenvalue weighted by Gasteiger charge is -2.16.